The van der Waals surface area contributed by atoms with Crippen LogP contribution in [0.15, 0.2) is 42.5 Å². The lowest BCUT2D eigenvalue weighted by atomic mass is 9.96. The van der Waals surface area contributed by atoms with Gasteiger partial charge in [0, 0.05) is 18.8 Å². The molecule has 4 N–H and O–H groups in total. The number of likely N-dealkylation sites (tertiary alicyclic amines) is 1. The van der Waals surface area contributed by atoms with Crippen LogP contribution in [0.4, 0.5) is 16.2 Å². The van der Waals surface area contributed by atoms with Crippen LogP contribution < -0.4 is 20.7 Å². The third-order valence-corrected chi connectivity index (χ3v) is 6.21. The number of hydrogen-bond donors (Lipinski definition) is 4. The van der Waals surface area contributed by atoms with E-state index in [1.807, 2.05) is 31.2 Å². The summed E-state index contributed by atoms with van der Waals surface area (Å²) in [7, 11) is 1.52. The van der Waals surface area contributed by atoms with Crippen LogP contribution in [0, 0.1) is 12.8 Å². The highest BCUT2D eigenvalue weighted by Crippen LogP contribution is 2.26. The molecule has 0 aromatic heterocycles. The first-order chi connectivity index (χ1) is 16.8. The fraction of sp³-hybridized carbons (Fsp3) is 0.423. The summed E-state index contributed by atoms with van der Waals surface area (Å²) >= 11 is 0. The average molecular weight is 483 g/mol. The number of methoxy groups -OCH3 is 1. The van der Waals surface area contributed by atoms with Crippen LogP contribution in [0.3, 0.4) is 0 Å². The standard InChI is InChI=1S/C26H34N4O5/c1-18-5-3-4-6-21(18)28-26(34)29-22-8-7-20(15-23(22)35-2)16-24(31)27-17-19-9-12-30(13-10-19)14-11-25(32)33/h3-8,15,19H,9-14,16-17H2,1-2H3,(H,27,31)(H,32,33)(H2,28,29,34). The number of amides is 3. The third-order valence-electron chi connectivity index (χ3n) is 6.21. The van der Waals surface area contributed by atoms with Crippen LogP contribution in [-0.2, 0) is 16.0 Å². The lowest BCUT2D eigenvalue weighted by Gasteiger charge is -2.31. The Hall–Kier alpha value is -3.59. The largest absolute Gasteiger partial charge is 0.495 e. The van der Waals surface area contributed by atoms with E-state index in [2.05, 4.69) is 20.9 Å². The smallest absolute Gasteiger partial charge is 0.323 e. The van der Waals surface area contributed by atoms with Gasteiger partial charge in [-0.3, -0.25) is 9.59 Å². The summed E-state index contributed by atoms with van der Waals surface area (Å²) in [6, 6.07) is 12.4. The number of carbonyl (C=O) groups is 3. The Morgan fingerprint density at radius 3 is 2.46 bits per heavy atom. The molecule has 1 saturated heterocycles. The molecule has 9 nitrogen and oxygen atoms in total. The zero-order valence-corrected chi connectivity index (χ0v) is 20.3. The summed E-state index contributed by atoms with van der Waals surface area (Å²) in [6.07, 6.45) is 2.26. The number of carbonyl (C=O) groups excluding carboxylic acids is 2. The molecule has 0 atom stereocenters. The van der Waals surface area contributed by atoms with E-state index in [0.717, 1.165) is 42.7 Å². The fourth-order valence-electron chi connectivity index (χ4n) is 4.11. The second-order valence-electron chi connectivity index (χ2n) is 8.84. The molecule has 0 bridgehead atoms. The highest BCUT2D eigenvalue weighted by Gasteiger charge is 2.20. The summed E-state index contributed by atoms with van der Waals surface area (Å²) in [4.78, 5) is 37.8. The lowest BCUT2D eigenvalue weighted by Crippen LogP contribution is -2.39. The number of benzene rings is 2. The predicted octanol–water partition coefficient (Wildman–Crippen LogP) is 3.49. The zero-order valence-electron chi connectivity index (χ0n) is 20.3. The van der Waals surface area contributed by atoms with Crippen molar-refractivity contribution in [1.29, 1.82) is 0 Å². The predicted molar refractivity (Wildman–Crippen MR) is 135 cm³/mol. The molecule has 0 aliphatic carbocycles. The molecule has 2 aromatic carbocycles. The van der Waals surface area contributed by atoms with E-state index >= 15 is 0 Å². The van der Waals surface area contributed by atoms with Gasteiger partial charge in [0.15, 0.2) is 0 Å². The van der Waals surface area contributed by atoms with E-state index in [1.165, 1.54) is 7.11 Å². The van der Waals surface area contributed by atoms with Crippen molar-refractivity contribution in [1.82, 2.24) is 10.2 Å². The Kier molecular flexibility index (Phi) is 9.48. The maximum Gasteiger partial charge on any atom is 0.323 e. The monoisotopic (exact) mass is 482 g/mol. The molecule has 3 rings (SSSR count). The number of urea groups is 1. The molecule has 1 heterocycles. The van der Waals surface area contributed by atoms with Crippen LogP contribution in [-0.4, -0.2) is 61.2 Å². The quantitative estimate of drug-likeness (QED) is 0.412. The van der Waals surface area contributed by atoms with Crippen molar-refractivity contribution >= 4 is 29.3 Å². The lowest BCUT2D eigenvalue weighted by molar-refractivity contribution is -0.137. The van der Waals surface area contributed by atoms with Crippen LogP contribution >= 0.6 is 0 Å². The Bertz CT molecular complexity index is 1030. The number of nitrogens with zero attached hydrogens (tertiary/aromatic N) is 1. The number of piperidine rings is 1. The summed E-state index contributed by atoms with van der Waals surface area (Å²) in [5, 5.41) is 17.4. The molecule has 1 aliphatic rings. The molecule has 1 fully saturated rings. The molecule has 35 heavy (non-hydrogen) atoms. The van der Waals surface area contributed by atoms with Crippen molar-refractivity contribution < 1.29 is 24.2 Å². The fourth-order valence-corrected chi connectivity index (χ4v) is 4.11. The van der Waals surface area contributed by atoms with Gasteiger partial charge in [-0.2, -0.15) is 0 Å². The number of anilines is 2. The van der Waals surface area contributed by atoms with Gasteiger partial charge in [-0.05, 0) is 68.1 Å². The normalized spacial score (nSPS) is 14.2. The molecule has 0 unspecified atom stereocenters. The molecule has 0 saturated carbocycles. The molecular weight excluding hydrogens is 448 g/mol. The molecule has 1 aliphatic heterocycles. The van der Waals surface area contributed by atoms with E-state index in [-0.39, 0.29) is 24.8 Å². The van der Waals surface area contributed by atoms with Crippen LogP contribution in [0.5, 0.6) is 5.75 Å². The van der Waals surface area contributed by atoms with Crippen molar-refractivity contribution in [3.63, 3.8) is 0 Å². The van der Waals surface area contributed by atoms with Gasteiger partial charge in [-0.1, -0.05) is 24.3 Å². The molecule has 9 heteroatoms. The maximum atomic E-state index is 12.5. The number of ether oxygens (including phenoxy) is 1. The number of carboxylic acid groups (broad SMARTS) is 1. The average Bonchev–Trinajstić information content (AvgIpc) is 2.84. The summed E-state index contributed by atoms with van der Waals surface area (Å²) in [6.45, 7) is 4.82. The maximum absolute atomic E-state index is 12.5. The summed E-state index contributed by atoms with van der Waals surface area (Å²) in [5.74, 6) is 0.0283. The van der Waals surface area contributed by atoms with Crippen LogP contribution in [0.25, 0.3) is 0 Å². The Balaban J connectivity index is 1.45. The van der Waals surface area contributed by atoms with E-state index < -0.39 is 5.97 Å². The molecular formula is C26H34N4O5. The Morgan fingerprint density at radius 2 is 1.77 bits per heavy atom. The van der Waals surface area contributed by atoms with Crippen molar-refractivity contribution in [2.24, 2.45) is 5.92 Å². The SMILES string of the molecule is COc1cc(CC(=O)NCC2CCN(CCC(=O)O)CC2)ccc1NC(=O)Nc1ccccc1C. The van der Waals surface area contributed by atoms with Gasteiger partial charge >= 0.3 is 12.0 Å². The van der Waals surface area contributed by atoms with E-state index in [1.54, 1.807) is 18.2 Å². The molecule has 0 spiro atoms. The van der Waals surface area contributed by atoms with Gasteiger partial charge in [-0.15, -0.1) is 0 Å². The van der Waals surface area contributed by atoms with Gasteiger partial charge in [0.05, 0.1) is 25.6 Å². The van der Waals surface area contributed by atoms with E-state index in [0.29, 0.717) is 30.4 Å². The number of rotatable bonds is 10. The number of aryl methyl sites for hydroxylation is 1. The van der Waals surface area contributed by atoms with Crippen LogP contribution in [0.1, 0.15) is 30.4 Å². The zero-order chi connectivity index (χ0) is 25.2. The number of hydrogen-bond acceptors (Lipinski definition) is 5. The first kappa shape index (κ1) is 26.0. The number of nitrogens with one attached hydrogen (secondary N) is 3. The summed E-state index contributed by atoms with van der Waals surface area (Å²) in [5.41, 5.74) is 2.98. The molecule has 3 amide bonds. The van der Waals surface area contributed by atoms with Gasteiger partial charge in [0.2, 0.25) is 5.91 Å². The first-order valence-electron chi connectivity index (χ1n) is 11.9. The van der Waals surface area contributed by atoms with Crippen molar-refractivity contribution in [2.45, 2.75) is 32.6 Å². The number of para-hydroxylation sites is 1. The van der Waals surface area contributed by atoms with E-state index in [4.69, 9.17) is 9.84 Å². The first-order valence-corrected chi connectivity index (χ1v) is 11.9. The molecule has 0 radical (unpaired) electrons. The van der Waals surface area contributed by atoms with Gasteiger partial charge in [0.25, 0.3) is 0 Å². The van der Waals surface area contributed by atoms with E-state index in [9.17, 15) is 14.4 Å². The minimum Gasteiger partial charge on any atom is -0.495 e. The summed E-state index contributed by atoms with van der Waals surface area (Å²) < 4.78 is 5.43. The minimum absolute atomic E-state index is 0.0710. The highest BCUT2D eigenvalue weighted by atomic mass is 16.5. The highest BCUT2D eigenvalue weighted by molar-refractivity contribution is 6.01. The Labute approximate surface area is 205 Å². The number of carboxylic acids is 1. The Morgan fingerprint density at radius 1 is 1.06 bits per heavy atom. The van der Waals surface area contributed by atoms with Crippen molar-refractivity contribution in [2.75, 3.05) is 43.9 Å². The second kappa shape index (κ2) is 12.8. The second-order valence-corrected chi connectivity index (χ2v) is 8.84. The van der Waals surface area contributed by atoms with Gasteiger partial charge in [0.1, 0.15) is 5.75 Å². The van der Waals surface area contributed by atoms with Crippen molar-refractivity contribution in [3.05, 3.63) is 53.6 Å². The topological polar surface area (TPSA) is 120 Å². The minimum atomic E-state index is -0.773. The van der Waals surface area contributed by atoms with Gasteiger partial charge in [-0.25, -0.2) is 4.79 Å². The number of aliphatic carboxylic acids is 1. The molecule has 2 aromatic rings. The van der Waals surface area contributed by atoms with Crippen LogP contribution in [0.2, 0.25) is 0 Å². The van der Waals surface area contributed by atoms with Crippen molar-refractivity contribution in [3.8, 4) is 5.75 Å². The molecule has 188 valence electrons. The third kappa shape index (κ3) is 8.29. The van der Waals surface area contributed by atoms with Gasteiger partial charge < -0.3 is 30.7 Å².